The first-order valence-corrected chi connectivity index (χ1v) is 6.59. The molecule has 1 rings (SSSR count). The number of aliphatic imine (C=N–C) groups is 1. The van der Waals surface area contributed by atoms with Gasteiger partial charge in [0.1, 0.15) is 0 Å². The molecule has 0 spiro atoms. The molecule has 0 aliphatic carbocycles. The number of rotatable bonds is 5. The Morgan fingerprint density at radius 3 is 2.42 bits per heavy atom. The van der Waals surface area contributed by atoms with Crippen LogP contribution in [0, 0.1) is 5.41 Å². The van der Waals surface area contributed by atoms with Gasteiger partial charge in [-0.2, -0.15) is 0 Å². The number of hydrogen-bond acceptors (Lipinski definition) is 2. The second kappa shape index (κ2) is 7.14. The van der Waals surface area contributed by atoms with Gasteiger partial charge in [0, 0.05) is 33.2 Å². The maximum atomic E-state index is 9.63. The SMILES string of the molecule is CN=C(NC)NCC(c1ccccc1)C(C)(C)CO. The van der Waals surface area contributed by atoms with Gasteiger partial charge in [-0.05, 0) is 11.0 Å². The van der Waals surface area contributed by atoms with Crippen LogP contribution in [0.3, 0.4) is 0 Å². The second-order valence-electron chi connectivity index (χ2n) is 5.31. The van der Waals surface area contributed by atoms with Crippen molar-refractivity contribution < 1.29 is 5.11 Å². The van der Waals surface area contributed by atoms with Crippen LogP contribution in [0.15, 0.2) is 35.3 Å². The van der Waals surface area contributed by atoms with Gasteiger partial charge < -0.3 is 15.7 Å². The molecule has 0 bridgehead atoms. The summed E-state index contributed by atoms with van der Waals surface area (Å²) >= 11 is 0. The van der Waals surface area contributed by atoms with Crippen LogP contribution in [0.1, 0.15) is 25.3 Å². The fourth-order valence-electron chi connectivity index (χ4n) is 2.12. The standard InChI is InChI=1S/C15H25N3O/c1-15(2,11-19)13(10-18-14(16-3)17-4)12-8-6-5-7-9-12/h5-9,13,19H,10-11H2,1-4H3,(H2,16,17,18). The van der Waals surface area contributed by atoms with Crippen molar-refractivity contribution in [2.24, 2.45) is 10.4 Å². The number of guanidine groups is 1. The minimum absolute atomic E-state index is 0.145. The minimum atomic E-state index is -0.194. The molecule has 4 nitrogen and oxygen atoms in total. The summed E-state index contributed by atoms with van der Waals surface area (Å²) in [5.74, 6) is 0.971. The number of aliphatic hydroxyl groups excluding tert-OH is 1. The zero-order chi connectivity index (χ0) is 14.3. The summed E-state index contributed by atoms with van der Waals surface area (Å²) in [7, 11) is 3.58. The summed E-state index contributed by atoms with van der Waals surface area (Å²) in [5, 5.41) is 15.9. The molecule has 1 atom stereocenters. The van der Waals surface area contributed by atoms with E-state index in [1.807, 2.05) is 25.2 Å². The van der Waals surface area contributed by atoms with Crippen LogP contribution in [0.5, 0.6) is 0 Å². The average molecular weight is 263 g/mol. The van der Waals surface area contributed by atoms with Gasteiger partial charge >= 0.3 is 0 Å². The van der Waals surface area contributed by atoms with Gasteiger partial charge in [-0.1, -0.05) is 44.2 Å². The van der Waals surface area contributed by atoms with Crippen LogP contribution in [-0.4, -0.2) is 38.3 Å². The van der Waals surface area contributed by atoms with Crippen molar-refractivity contribution in [2.45, 2.75) is 19.8 Å². The fraction of sp³-hybridized carbons (Fsp3) is 0.533. The molecule has 1 aromatic carbocycles. The molecule has 0 aliphatic heterocycles. The molecule has 0 radical (unpaired) electrons. The number of aliphatic hydroxyl groups is 1. The number of benzene rings is 1. The van der Waals surface area contributed by atoms with Gasteiger partial charge in [-0.25, -0.2) is 0 Å². The van der Waals surface area contributed by atoms with Gasteiger partial charge in [-0.3, -0.25) is 4.99 Å². The van der Waals surface area contributed by atoms with E-state index in [4.69, 9.17) is 0 Å². The third kappa shape index (κ3) is 4.24. The van der Waals surface area contributed by atoms with Crippen LogP contribution < -0.4 is 10.6 Å². The molecule has 1 aromatic rings. The Bertz CT molecular complexity index is 401. The lowest BCUT2D eigenvalue weighted by molar-refractivity contribution is 0.131. The molecule has 0 amide bonds. The van der Waals surface area contributed by atoms with Crippen LogP contribution >= 0.6 is 0 Å². The Morgan fingerprint density at radius 2 is 1.95 bits per heavy atom. The molecular weight excluding hydrogens is 238 g/mol. The lowest BCUT2D eigenvalue weighted by Crippen LogP contribution is -2.41. The molecule has 0 heterocycles. The molecule has 0 fully saturated rings. The molecule has 0 saturated heterocycles. The summed E-state index contributed by atoms with van der Waals surface area (Å²) < 4.78 is 0. The van der Waals surface area contributed by atoms with Crippen molar-refractivity contribution in [3.05, 3.63) is 35.9 Å². The van der Waals surface area contributed by atoms with Crippen molar-refractivity contribution in [1.82, 2.24) is 10.6 Å². The molecule has 106 valence electrons. The van der Waals surface area contributed by atoms with E-state index in [-0.39, 0.29) is 17.9 Å². The highest BCUT2D eigenvalue weighted by molar-refractivity contribution is 5.79. The van der Waals surface area contributed by atoms with Crippen molar-refractivity contribution >= 4 is 5.96 Å². The van der Waals surface area contributed by atoms with E-state index in [1.54, 1.807) is 7.05 Å². The first-order valence-electron chi connectivity index (χ1n) is 6.59. The van der Waals surface area contributed by atoms with E-state index in [1.165, 1.54) is 5.56 Å². The van der Waals surface area contributed by atoms with Crippen molar-refractivity contribution in [2.75, 3.05) is 27.2 Å². The van der Waals surface area contributed by atoms with Gasteiger partial charge in [0.2, 0.25) is 0 Å². The average Bonchev–Trinajstić information content (AvgIpc) is 2.44. The molecular formula is C15H25N3O. The second-order valence-corrected chi connectivity index (χ2v) is 5.31. The smallest absolute Gasteiger partial charge is 0.190 e. The highest BCUT2D eigenvalue weighted by atomic mass is 16.3. The van der Waals surface area contributed by atoms with E-state index >= 15 is 0 Å². The molecule has 0 aromatic heterocycles. The maximum Gasteiger partial charge on any atom is 0.190 e. The van der Waals surface area contributed by atoms with Crippen molar-refractivity contribution in [1.29, 1.82) is 0 Å². The quantitative estimate of drug-likeness (QED) is 0.558. The molecule has 0 saturated carbocycles. The summed E-state index contributed by atoms with van der Waals surface area (Å²) in [5.41, 5.74) is 1.03. The molecule has 4 heteroatoms. The maximum absolute atomic E-state index is 9.63. The van der Waals surface area contributed by atoms with Gasteiger partial charge in [0.05, 0.1) is 0 Å². The van der Waals surface area contributed by atoms with Gasteiger partial charge in [0.15, 0.2) is 5.96 Å². The Kier molecular flexibility index (Phi) is 5.83. The Balaban J connectivity index is 2.89. The van der Waals surface area contributed by atoms with E-state index in [9.17, 15) is 5.11 Å². The molecule has 1 unspecified atom stereocenters. The number of hydrogen-bond donors (Lipinski definition) is 3. The third-order valence-electron chi connectivity index (χ3n) is 3.49. The predicted octanol–water partition coefficient (Wildman–Crippen LogP) is 1.58. The Morgan fingerprint density at radius 1 is 1.32 bits per heavy atom. The summed E-state index contributed by atoms with van der Waals surface area (Å²) in [6.45, 7) is 5.03. The van der Waals surface area contributed by atoms with E-state index < -0.39 is 0 Å². The van der Waals surface area contributed by atoms with Crippen LogP contribution in [0.4, 0.5) is 0 Å². The van der Waals surface area contributed by atoms with E-state index in [0.717, 1.165) is 12.5 Å². The lowest BCUT2D eigenvalue weighted by atomic mass is 9.75. The highest BCUT2D eigenvalue weighted by Crippen LogP contribution is 2.34. The third-order valence-corrected chi connectivity index (χ3v) is 3.49. The summed E-state index contributed by atoms with van der Waals surface area (Å²) in [6, 6.07) is 10.3. The van der Waals surface area contributed by atoms with Crippen LogP contribution in [0.2, 0.25) is 0 Å². The largest absolute Gasteiger partial charge is 0.396 e. The van der Waals surface area contributed by atoms with E-state index in [0.29, 0.717) is 0 Å². The normalized spacial score (nSPS) is 14.1. The van der Waals surface area contributed by atoms with Crippen LogP contribution in [0.25, 0.3) is 0 Å². The zero-order valence-electron chi connectivity index (χ0n) is 12.3. The zero-order valence-corrected chi connectivity index (χ0v) is 12.3. The van der Waals surface area contributed by atoms with E-state index in [2.05, 4.69) is 41.6 Å². The van der Waals surface area contributed by atoms with Crippen molar-refractivity contribution in [3.63, 3.8) is 0 Å². The first-order chi connectivity index (χ1) is 9.05. The monoisotopic (exact) mass is 263 g/mol. The number of nitrogens with zero attached hydrogens (tertiary/aromatic N) is 1. The van der Waals surface area contributed by atoms with Gasteiger partial charge in [0.25, 0.3) is 0 Å². The minimum Gasteiger partial charge on any atom is -0.396 e. The molecule has 0 aliphatic rings. The molecule has 3 N–H and O–H groups in total. The highest BCUT2D eigenvalue weighted by Gasteiger charge is 2.30. The summed E-state index contributed by atoms with van der Waals surface area (Å²) in [6.07, 6.45) is 0. The first kappa shape index (κ1) is 15.5. The topological polar surface area (TPSA) is 56.7 Å². The molecule has 19 heavy (non-hydrogen) atoms. The predicted molar refractivity (Wildman–Crippen MR) is 80.5 cm³/mol. The Hall–Kier alpha value is -1.55. The summed E-state index contributed by atoms with van der Waals surface area (Å²) in [4.78, 5) is 4.11. The van der Waals surface area contributed by atoms with Crippen molar-refractivity contribution in [3.8, 4) is 0 Å². The van der Waals surface area contributed by atoms with Crippen LogP contribution in [-0.2, 0) is 0 Å². The Labute approximate surface area is 116 Å². The lowest BCUT2D eigenvalue weighted by Gasteiger charge is -2.33. The van der Waals surface area contributed by atoms with Gasteiger partial charge in [-0.15, -0.1) is 0 Å². The number of nitrogens with one attached hydrogen (secondary N) is 2. The fourth-order valence-corrected chi connectivity index (χ4v) is 2.12.